The van der Waals surface area contributed by atoms with Crippen molar-refractivity contribution >= 4 is 29.4 Å². The molecular formula is C23H28ClN3O3. The summed E-state index contributed by atoms with van der Waals surface area (Å²) in [4.78, 5) is 14.3. The molecule has 3 rings (SSSR count). The minimum absolute atomic E-state index is 0.0726. The molecular weight excluding hydrogens is 402 g/mol. The molecule has 0 spiro atoms. The average molecular weight is 430 g/mol. The second kappa shape index (κ2) is 8.96. The minimum Gasteiger partial charge on any atom is -0.497 e. The van der Waals surface area contributed by atoms with Crippen molar-refractivity contribution in [2.45, 2.75) is 38.6 Å². The number of carbonyl (C=O) groups excluding carboxylic acids is 1. The number of hydrazone groups is 1. The Kier molecular flexibility index (Phi) is 6.56. The van der Waals surface area contributed by atoms with Gasteiger partial charge in [-0.15, -0.1) is 0 Å². The maximum Gasteiger partial charge on any atom is 0.277 e. The van der Waals surface area contributed by atoms with Crippen LogP contribution in [0, 0.1) is 0 Å². The third kappa shape index (κ3) is 4.87. The van der Waals surface area contributed by atoms with Crippen molar-refractivity contribution in [2.24, 2.45) is 5.10 Å². The highest BCUT2D eigenvalue weighted by atomic mass is 35.5. The van der Waals surface area contributed by atoms with E-state index in [1.807, 2.05) is 6.07 Å². The average Bonchev–Trinajstić information content (AvgIpc) is 2.71. The van der Waals surface area contributed by atoms with Crippen molar-refractivity contribution in [3.8, 4) is 11.5 Å². The number of carbonyl (C=O) groups is 1. The van der Waals surface area contributed by atoms with Gasteiger partial charge in [0.25, 0.3) is 5.91 Å². The van der Waals surface area contributed by atoms with Gasteiger partial charge in [-0.1, -0.05) is 18.5 Å². The fourth-order valence-electron chi connectivity index (χ4n) is 3.73. The number of halogens is 1. The standard InChI is InChI=1S/C23H28ClN3O3/c1-15-12-23(2,3)27(4)21-11-20(24)16(10-19(15)21)13-25-26-22(28)14-30-18-8-6-17(29-5)7-9-18/h6-11,13,15H,12,14H2,1-5H3,(H,26,28)/b25-13+/t15-/m1/s1. The molecule has 1 heterocycles. The van der Waals surface area contributed by atoms with Crippen molar-refractivity contribution < 1.29 is 14.3 Å². The van der Waals surface area contributed by atoms with E-state index in [0.717, 1.165) is 23.4 Å². The highest BCUT2D eigenvalue weighted by Gasteiger charge is 2.34. The van der Waals surface area contributed by atoms with Crippen LogP contribution in [0.2, 0.25) is 5.02 Å². The Morgan fingerprint density at radius 3 is 2.63 bits per heavy atom. The van der Waals surface area contributed by atoms with E-state index in [-0.39, 0.29) is 18.1 Å². The van der Waals surface area contributed by atoms with Gasteiger partial charge in [0.05, 0.1) is 18.3 Å². The summed E-state index contributed by atoms with van der Waals surface area (Å²) in [7, 11) is 3.69. The zero-order chi connectivity index (χ0) is 21.9. The topological polar surface area (TPSA) is 63.2 Å². The molecule has 0 unspecified atom stereocenters. The summed E-state index contributed by atoms with van der Waals surface area (Å²) < 4.78 is 10.5. The summed E-state index contributed by atoms with van der Waals surface area (Å²) in [5, 5.41) is 4.64. The molecule has 1 atom stereocenters. The lowest BCUT2D eigenvalue weighted by Gasteiger charge is -2.45. The van der Waals surface area contributed by atoms with Crippen LogP contribution in [0.5, 0.6) is 11.5 Å². The number of hydrogen-bond acceptors (Lipinski definition) is 5. The van der Waals surface area contributed by atoms with Gasteiger partial charge >= 0.3 is 0 Å². The van der Waals surface area contributed by atoms with E-state index in [0.29, 0.717) is 16.7 Å². The fraction of sp³-hybridized carbons (Fsp3) is 0.391. The summed E-state index contributed by atoms with van der Waals surface area (Å²) >= 11 is 6.48. The van der Waals surface area contributed by atoms with E-state index in [1.165, 1.54) is 5.56 Å². The lowest BCUT2D eigenvalue weighted by Crippen LogP contribution is -2.45. The summed E-state index contributed by atoms with van der Waals surface area (Å²) in [5.41, 5.74) is 5.69. The van der Waals surface area contributed by atoms with E-state index in [1.54, 1.807) is 37.6 Å². The Morgan fingerprint density at radius 1 is 1.30 bits per heavy atom. The highest BCUT2D eigenvalue weighted by Crippen LogP contribution is 2.44. The van der Waals surface area contributed by atoms with Crippen molar-refractivity contribution in [1.29, 1.82) is 0 Å². The van der Waals surface area contributed by atoms with Crippen LogP contribution >= 0.6 is 11.6 Å². The van der Waals surface area contributed by atoms with E-state index < -0.39 is 0 Å². The van der Waals surface area contributed by atoms with E-state index in [4.69, 9.17) is 21.1 Å². The van der Waals surface area contributed by atoms with Crippen LogP contribution in [0.3, 0.4) is 0 Å². The SMILES string of the molecule is COc1ccc(OCC(=O)N/N=C/c2cc3c(cc2Cl)N(C)C(C)(C)C[C@H]3C)cc1. The van der Waals surface area contributed by atoms with Gasteiger partial charge in [0.15, 0.2) is 6.61 Å². The molecule has 6 nitrogen and oxygen atoms in total. The van der Waals surface area contributed by atoms with Crippen LogP contribution in [0.25, 0.3) is 0 Å². The van der Waals surface area contributed by atoms with Crippen LogP contribution in [-0.4, -0.2) is 38.4 Å². The maximum atomic E-state index is 12.0. The first kappa shape index (κ1) is 22.0. The number of anilines is 1. The second-order valence-corrected chi connectivity index (χ2v) is 8.57. The smallest absolute Gasteiger partial charge is 0.277 e. The maximum absolute atomic E-state index is 12.0. The molecule has 1 N–H and O–H groups in total. The quantitative estimate of drug-likeness (QED) is 0.538. The third-order valence-corrected chi connectivity index (χ3v) is 5.90. The zero-order valence-corrected chi connectivity index (χ0v) is 18.8. The number of benzene rings is 2. The third-order valence-electron chi connectivity index (χ3n) is 5.57. The minimum atomic E-state index is -0.356. The predicted octanol–water partition coefficient (Wildman–Crippen LogP) is 4.60. The Bertz CT molecular complexity index is 941. The van der Waals surface area contributed by atoms with Gasteiger partial charge in [-0.3, -0.25) is 4.79 Å². The van der Waals surface area contributed by atoms with Crippen molar-refractivity contribution in [3.63, 3.8) is 0 Å². The molecule has 1 aliphatic heterocycles. The number of nitrogens with one attached hydrogen (secondary N) is 1. The fourth-order valence-corrected chi connectivity index (χ4v) is 3.94. The predicted molar refractivity (Wildman–Crippen MR) is 121 cm³/mol. The first-order valence-corrected chi connectivity index (χ1v) is 10.2. The number of amides is 1. The van der Waals surface area contributed by atoms with Crippen molar-refractivity contribution in [1.82, 2.24) is 5.43 Å². The van der Waals surface area contributed by atoms with Gasteiger partial charge in [-0.2, -0.15) is 5.10 Å². The summed E-state index contributed by atoms with van der Waals surface area (Å²) in [6.45, 7) is 6.55. The summed E-state index contributed by atoms with van der Waals surface area (Å²) in [6, 6.07) is 11.0. The first-order chi connectivity index (χ1) is 14.2. The second-order valence-electron chi connectivity index (χ2n) is 8.17. The van der Waals surface area contributed by atoms with Crippen LogP contribution in [0.4, 0.5) is 5.69 Å². The normalized spacial score (nSPS) is 17.5. The molecule has 2 aromatic carbocycles. The number of fused-ring (bicyclic) bond motifs is 1. The van der Waals surface area contributed by atoms with Gasteiger partial charge in [-0.05, 0) is 68.1 Å². The monoisotopic (exact) mass is 429 g/mol. The molecule has 7 heteroatoms. The number of hydrogen-bond donors (Lipinski definition) is 1. The molecule has 0 aliphatic carbocycles. The molecule has 30 heavy (non-hydrogen) atoms. The Labute approximate surface area is 182 Å². The molecule has 0 saturated heterocycles. The molecule has 0 radical (unpaired) electrons. The largest absolute Gasteiger partial charge is 0.497 e. The summed E-state index contributed by atoms with van der Waals surface area (Å²) in [6.07, 6.45) is 2.62. The zero-order valence-electron chi connectivity index (χ0n) is 18.0. The number of nitrogens with zero attached hydrogens (tertiary/aromatic N) is 2. The molecule has 0 saturated carbocycles. The molecule has 1 amide bonds. The van der Waals surface area contributed by atoms with Crippen molar-refractivity contribution in [3.05, 3.63) is 52.5 Å². The number of ether oxygens (including phenoxy) is 2. The van der Waals surface area contributed by atoms with E-state index >= 15 is 0 Å². The van der Waals surface area contributed by atoms with Gasteiger partial charge in [0, 0.05) is 23.8 Å². The Hall–Kier alpha value is -2.73. The molecule has 0 fully saturated rings. The van der Waals surface area contributed by atoms with Gasteiger partial charge < -0.3 is 14.4 Å². The van der Waals surface area contributed by atoms with Crippen LogP contribution < -0.4 is 19.8 Å². The van der Waals surface area contributed by atoms with Gasteiger partial charge in [0.2, 0.25) is 0 Å². The first-order valence-electron chi connectivity index (χ1n) is 9.87. The summed E-state index contributed by atoms with van der Waals surface area (Å²) in [5.74, 6) is 1.35. The highest BCUT2D eigenvalue weighted by molar-refractivity contribution is 6.33. The Balaban J connectivity index is 1.62. The lowest BCUT2D eigenvalue weighted by atomic mass is 9.80. The van der Waals surface area contributed by atoms with Crippen LogP contribution in [-0.2, 0) is 4.79 Å². The lowest BCUT2D eigenvalue weighted by molar-refractivity contribution is -0.123. The molecule has 0 aromatic heterocycles. The van der Waals surface area contributed by atoms with Gasteiger partial charge in [0.1, 0.15) is 11.5 Å². The Morgan fingerprint density at radius 2 is 1.97 bits per heavy atom. The van der Waals surface area contributed by atoms with Crippen LogP contribution in [0.1, 0.15) is 44.2 Å². The van der Waals surface area contributed by atoms with E-state index in [9.17, 15) is 4.79 Å². The van der Waals surface area contributed by atoms with Gasteiger partial charge in [-0.25, -0.2) is 5.43 Å². The molecule has 160 valence electrons. The number of methoxy groups -OCH3 is 1. The molecule has 0 bridgehead atoms. The number of rotatable bonds is 6. The van der Waals surface area contributed by atoms with Crippen LogP contribution in [0.15, 0.2) is 41.5 Å². The van der Waals surface area contributed by atoms with E-state index in [2.05, 4.69) is 49.3 Å². The molecule has 1 aliphatic rings. The molecule has 2 aromatic rings. The van der Waals surface area contributed by atoms with Crippen molar-refractivity contribution in [2.75, 3.05) is 25.7 Å².